The zero-order valence-electron chi connectivity index (χ0n) is 12.9. The summed E-state index contributed by atoms with van der Waals surface area (Å²) in [7, 11) is 0. The number of nitrogens with zero attached hydrogens (tertiary/aromatic N) is 6. The highest BCUT2D eigenvalue weighted by atomic mass is 35.5. The normalized spacial score (nSPS) is 15.4. The van der Waals surface area contributed by atoms with E-state index in [9.17, 15) is 9.90 Å². The molecule has 8 nitrogen and oxygen atoms in total. The van der Waals surface area contributed by atoms with Gasteiger partial charge in [0.1, 0.15) is 16.7 Å². The summed E-state index contributed by atoms with van der Waals surface area (Å²) in [6.07, 6.45) is 3.04. The Kier molecular flexibility index (Phi) is 4.03. The van der Waals surface area contributed by atoms with Gasteiger partial charge in [-0.05, 0) is 13.8 Å². The second-order valence-electron chi connectivity index (χ2n) is 6.22. The Morgan fingerprint density at radius 3 is 2.74 bits per heavy atom. The summed E-state index contributed by atoms with van der Waals surface area (Å²) >= 11 is 5.75. The molecule has 0 aliphatic carbocycles. The molecule has 0 spiro atoms. The Morgan fingerprint density at radius 1 is 1.30 bits per heavy atom. The van der Waals surface area contributed by atoms with Gasteiger partial charge >= 0.3 is 5.97 Å². The van der Waals surface area contributed by atoms with Gasteiger partial charge in [-0.1, -0.05) is 11.6 Å². The Hall–Kier alpha value is -2.06. The number of hydrogen-bond acceptors (Lipinski definition) is 6. The molecule has 0 bridgehead atoms. The molecule has 0 atom stereocenters. The van der Waals surface area contributed by atoms with Gasteiger partial charge in [-0.3, -0.25) is 9.69 Å². The molecule has 3 heterocycles. The van der Waals surface area contributed by atoms with E-state index in [1.807, 2.05) is 4.57 Å². The topological polar surface area (TPSA) is 97.0 Å². The Bertz CT molecular complexity index is 727. The quantitative estimate of drug-likeness (QED) is 0.899. The molecule has 2 aromatic heterocycles. The first-order valence-electron chi connectivity index (χ1n) is 7.22. The monoisotopic (exact) mass is 336 g/mol. The van der Waals surface area contributed by atoms with Crippen LogP contribution >= 0.6 is 11.6 Å². The van der Waals surface area contributed by atoms with Crippen molar-refractivity contribution in [2.75, 3.05) is 13.1 Å². The van der Waals surface area contributed by atoms with E-state index in [0.29, 0.717) is 36.3 Å². The summed E-state index contributed by atoms with van der Waals surface area (Å²) in [5.74, 6) is 0.646. The van der Waals surface area contributed by atoms with Crippen LogP contribution in [-0.4, -0.2) is 53.8 Å². The number of halogens is 1. The van der Waals surface area contributed by atoms with Crippen LogP contribution in [0.1, 0.15) is 19.7 Å². The highest BCUT2D eigenvalue weighted by molar-refractivity contribution is 6.29. The minimum Gasteiger partial charge on any atom is -0.481 e. The third-order valence-electron chi connectivity index (χ3n) is 3.88. The van der Waals surface area contributed by atoms with E-state index in [0.717, 1.165) is 12.4 Å². The number of rotatable bonds is 4. The van der Waals surface area contributed by atoms with Gasteiger partial charge in [0.05, 0.1) is 24.4 Å². The first kappa shape index (κ1) is 15.8. The molecule has 0 aromatic carbocycles. The number of carboxylic acids is 1. The largest absolute Gasteiger partial charge is 0.481 e. The predicted molar refractivity (Wildman–Crippen MR) is 82.8 cm³/mol. The lowest BCUT2D eigenvalue weighted by Crippen LogP contribution is -2.43. The minimum atomic E-state index is -0.804. The number of fused-ring (bicyclic) bond motifs is 1. The molecule has 1 N–H and O–H groups in total. The van der Waals surface area contributed by atoms with Crippen LogP contribution in [-0.2, 0) is 17.9 Å². The fourth-order valence-corrected chi connectivity index (χ4v) is 2.68. The van der Waals surface area contributed by atoms with Gasteiger partial charge in [0.2, 0.25) is 0 Å². The van der Waals surface area contributed by atoms with Crippen molar-refractivity contribution in [1.82, 2.24) is 29.6 Å². The minimum absolute atomic E-state index is 0.328. The number of carbonyl (C=O) groups is 1. The number of aliphatic carboxylic acids is 1. The molecule has 122 valence electrons. The van der Waals surface area contributed by atoms with E-state index in [1.165, 1.54) is 6.20 Å². The standard InChI is InChI=1S/C14H17ClN6O2/c1-14(2,13(22)23)8-20-3-4-21-11(7-20)18-19-12(21)9-5-17-10(15)6-16-9/h5-6H,3-4,7-8H2,1-2H3,(H,22,23). The highest BCUT2D eigenvalue weighted by Crippen LogP contribution is 2.23. The Balaban J connectivity index is 1.79. The lowest BCUT2D eigenvalue weighted by atomic mass is 9.93. The molecular formula is C14H17ClN6O2. The van der Waals surface area contributed by atoms with Gasteiger partial charge in [0, 0.05) is 19.6 Å². The van der Waals surface area contributed by atoms with Gasteiger partial charge < -0.3 is 9.67 Å². The highest BCUT2D eigenvalue weighted by Gasteiger charge is 2.32. The summed E-state index contributed by atoms with van der Waals surface area (Å²) in [4.78, 5) is 21.6. The van der Waals surface area contributed by atoms with E-state index < -0.39 is 11.4 Å². The van der Waals surface area contributed by atoms with E-state index in [-0.39, 0.29) is 0 Å². The van der Waals surface area contributed by atoms with E-state index in [1.54, 1.807) is 20.0 Å². The van der Waals surface area contributed by atoms with Crippen molar-refractivity contribution in [3.05, 3.63) is 23.4 Å². The fourth-order valence-electron chi connectivity index (χ4n) is 2.59. The van der Waals surface area contributed by atoms with Crippen LogP contribution in [0.2, 0.25) is 5.15 Å². The van der Waals surface area contributed by atoms with Crippen LogP contribution in [0, 0.1) is 5.41 Å². The van der Waals surface area contributed by atoms with Gasteiger partial charge in [-0.2, -0.15) is 0 Å². The zero-order chi connectivity index (χ0) is 16.6. The maximum absolute atomic E-state index is 11.3. The maximum Gasteiger partial charge on any atom is 0.310 e. The van der Waals surface area contributed by atoms with Gasteiger partial charge in [-0.25, -0.2) is 9.97 Å². The molecule has 0 fully saturated rings. The lowest BCUT2D eigenvalue weighted by molar-refractivity contribution is -0.148. The number of hydrogen-bond donors (Lipinski definition) is 1. The fraction of sp³-hybridized carbons (Fsp3) is 0.500. The van der Waals surface area contributed by atoms with E-state index in [4.69, 9.17) is 11.6 Å². The van der Waals surface area contributed by atoms with Crippen LogP contribution < -0.4 is 0 Å². The third kappa shape index (κ3) is 3.18. The van der Waals surface area contributed by atoms with E-state index >= 15 is 0 Å². The number of carboxylic acid groups (broad SMARTS) is 1. The second kappa shape index (κ2) is 5.86. The second-order valence-corrected chi connectivity index (χ2v) is 6.60. The molecule has 23 heavy (non-hydrogen) atoms. The Labute approximate surface area is 138 Å². The molecule has 9 heteroatoms. The van der Waals surface area contributed by atoms with Crippen LogP contribution in [0.25, 0.3) is 11.5 Å². The van der Waals surface area contributed by atoms with Crippen molar-refractivity contribution < 1.29 is 9.90 Å². The molecule has 0 saturated heterocycles. The van der Waals surface area contributed by atoms with Crippen molar-refractivity contribution in [2.45, 2.75) is 26.9 Å². The smallest absolute Gasteiger partial charge is 0.310 e. The average Bonchev–Trinajstić information content (AvgIpc) is 2.90. The summed E-state index contributed by atoms with van der Waals surface area (Å²) in [5, 5.41) is 18.0. The summed E-state index contributed by atoms with van der Waals surface area (Å²) < 4.78 is 1.99. The lowest BCUT2D eigenvalue weighted by Gasteiger charge is -2.32. The van der Waals surface area contributed by atoms with Crippen molar-refractivity contribution in [3.63, 3.8) is 0 Å². The maximum atomic E-state index is 11.3. The van der Waals surface area contributed by atoms with Crippen LogP contribution in [0.5, 0.6) is 0 Å². The zero-order valence-corrected chi connectivity index (χ0v) is 13.7. The van der Waals surface area contributed by atoms with Crippen LogP contribution in [0.3, 0.4) is 0 Å². The van der Waals surface area contributed by atoms with Crippen molar-refractivity contribution >= 4 is 17.6 Å². The predicted octanol–water partition coefficient (Wildman–Crippen LogP) is 1.31. The average molecular weight is 337 g/mol. The molecule has 0 amide bonds. The molecule has 2 aromatic rings. The molecule has 1 aliphatic heterocycles. The molecule has 3 rings (SSSR count). The first-order chi connectivity index (χ1) is 10.9. The van der Waals surface area contributed by atoms with Crippen molar-refractivity contribution in [3.8, 4) is 11.5 Å². The van der Waals surface area contributed by atoms with Gasteiger partial charge in [-0.15, -0.1) is 10.2 Å². The molecular weight excluding hydrogens is 320 g/mol. The molecule has 1 aliphatic rings. The van der Waals surface area contributed by atoms with Crippen molar-refractivity contribution in [1.29, 1.82) is 0 Å². The van der Waals surface area contributed by atoms with Crippen LogP contribution in [0.4, 0.5) is 0 Å². The van der Waals surface area contributed by atoms with E-state index in [2.05, 4.69) is 25.1 Å². The molecule has 0 radical (unpaired) electrons. The summed E-state index contributed by atoms with van der Waals surface area (Å²) in [5.41, 5.74) is -0.181. The van der Waals surface area contributed by atoms with Crippen molar-refractivity contribution in [2.24, 2.45) is 5.41 Å². The molecule has 0 saturated carbocycles. The molecule has 0 unspecified atom stereocenters. The Morgan fingerprint density at radius 2 is 2.09 bits per heavy atom. The summed E-state index contributed by atoms with van der Waals surface area (Å²) in [6, 6.07) is 0. The number of aromatic nitrogens is 5. The van der Waals surface area contributed by atoms with Crippen LogP contribution in [0.15, 0.2) is 12.4 Å². The third-order valence-corrected chi connectivity index (χ3v) is 4.07. The van der Waals surface area contributed by atoms with Gasteiger partial charge in [0.25, 0.3) is 0 Å². The first-order valence-corrected chi connectivity index (χ1v) is 7.60. The van der Waals surface area contributed by atoms with Gasteiger partial charge in [0.15, 0.2) is 5.82 Å². The SMILES string of the molecule is CC(C)(CN1CCn2c(nnc2-c2cnc(Cl)cn2)C1)C(=O)O. The summed E-state index contributed by atoms with van der Waals surface area (Å²) in [6.45, 7) is 5.89.